The highest BCUT2D eigenvalue weighted by Crippen LogP contribution is 2.38. The van der Waals surface area contributed by atoms with E-state index in [1.165, 1.54) is 6.92 Å². The normalized spacial score (nSPS) is 19.4. The summed E-state index contributed by atoms with van der Waals surface area (Å²) in [6.45, 7) is 4.14. The van der Waals surface area contributed by atoms with Gasteiger partial charge in [-0.1, -0.05) is 42.3 Å². The maximum Gasteiger partial charge on any atom is 0.511 e. The number of fused-ring (bicyclic) bond motifs is 2. The molecule has 10 heteroatoms. The van der Waals surface area contributed by atoms with E-state index in [-0.39, 0.29) is 6.10 Å². The molecule has 0 bridgehead atoms. The van der Waals surface area contributed by atoms with Gasteiger partial charge in [0.1, 0.15) is 18.5 Å². The molecule has 1 unspecified atom stereocenters. The summed E-state index contributed by atoms with van der Waals surface area (Å²) < 4.78 is 22.2. The number of hydrogen-bond acceptors (Lipinski definition) is 9. The smallest absolute Gasteiger partial charge is 0.487 e. The maximum absolute atomic E-state index is 13.2. The fraction of sp³-hybridized carbons (Fsp3) is 0.432. The van der Waals surface area contributed by atoms with Gasteiger partial charge in [0.2, 0.25) is 6.29 Å². The van der Waals surface area contributed by atoms with E-state index < -0.39 is 24.0 Å². The minimum Gasteiger partial charge on any atom is -0.487 e. The lowest BCUT2D eigenvalue weighted by atomic mass is 9.84. The van der Waals surface area contributed by atoms with Crippen molar-refractivity contribution in [2.24, 2.45) is 0 Å². The summed E-state index contributed by atoms with van der Waals surface area (Å²) in [4.78, 5) is 32.4. The standard InChI is InChI=1S/C37H41ClN2O7/c1-25(46-36(42)47-29-7-3-2-4-8-29)45-35(41)26-11-16-34-32(23-26)30(31-9-5-19-39-33(31)24-44-34)10-6-20-40-21-17-37(43,18-22-40)27-12-14-28(38)15-13-27/h5,9-16,19,23,25,29,43H,2-4,6-8,17-18,20-22,24H2,1H3/b30-10+. The lowest BCUT2D eigenvalue weighted by Crippen LogP contribution is -2.42. The lowest BCUT2D eigenvalue weighted by Gasteiger charge is -2.38. The first-order valence-corrected chi connectivity index (χ1v) is 16.9. The van der Waals surface area contributed by atoms with Gasteiger partial charge in [0, 0.05) is 48.9 Å². The van der Waals surface area contributed by atoms with Crippen LogP contribution >= 0.6 is 11.6 Å². The molecule has 3 heterocycles. The van der Waals surface area contributed by atoms with Gasteiger partial charge in [-0.2, -0.15) is 0 Å². The number of benzene rings is 2. The molecule has 2 aliphatic heterocycles. The van der Waals surface area contributed by atoms with E-state index in [9.17, 15) is 14.7 Å². The second-order valence-electron chi connectivity index (χ2n) is 12.5. The lowest BCUT2D eigenvalue weighted by molar-refractivity contribution is -0.0915. The van der Waals surface area contributed by atoms with Crippen LogP contribution in [0.5, 0.6) is 5.75 Å². The number of carbonyl (C=O) groups is 2. The number of esters is 1. The molecule has 1 N–H and O–H groups in total. The van der Waals surface area contributed by atoms with Crippen LogP contribution in [0.4, 0.5) is 4.79 Å². The van der Waals surface area contributed by atoms with Crippen LogP contribution < -0.4 is 4.74 Å². The number of carbonyl (C=O) groups excluding carboxylic acids is 2. The summed E-state index contributed by atoms with van der Waals surface area (Å²) in [7, 11) is 0. The van der Waals surface area contributed by atoms with Crippen LogP contribution in [0, 0.1) is 0 Å². The Morgan fingerprint density at radius 2 is 1.83 bits per heavy atom. The first-order chi connectivity index (χ1) is 22.8. The molecule has 1 atom stereocenters. The molecule has 1 saturated heterocycles. The molecule has 3 aromatic rings. The molecular formula is C37H41ClN2O7. The van der Waals surface area contributed by atoms with Crippen molar-refractivity contribution < 1.29 is 33.6 Å². The third-order valence-corrected chi connectivity index (χ3v) is 9.51. The van der Waals surface area contributed by atoms with E-state index in [4.69, 9.17) is 30.5 Å². The number of likely N-dealkylation sites (tertiary alicyclic amines) is 1. The molecule has 6 rings (SSSR count). The van der Waals surface area contributed by atoms with Gasteiger partial charge in [0.25, 0.3) is 0 Å². The number of rotatable bonds is 8. The zero-order valence-electron chi connectivity index (χ0n) is 26.7. The fourth-order valence-electron chi connectivity index (χ4n) is 6.61. The van der Waals surface area contributed by atoms with Gasteiger partial charge >= 0.3 is 12.1 Å². The number of hydrogen-bond donors (Lipinski definition) is 1. The number of halogens is 1. The monoisotopic (exact) mass is 660 g/mol. The SMILES string of the molecule is CC(OC(=O)OC1CCCCC1)OC(=O)c1ccc2c(c1)/C(=C/CCN1CCC(O)(c3ccc(Cl)cc3)CC1)c1cccnc1CO2. The van der Waals surface area contributed by atoms with E-state index >= 15 is 0 Å². The molecular weight excluding hydrogens is 620 g/mol. The summed E-state index contributed by atoms with van der Waals surface area (Å²) in [6, 6.07) is 16.5. The predicted molar refractivity (Wildman–Crippen MR) is 177 cm³/mol. The molecule has 3 aliphatic rings. The van der Waals surface area contributed by atoms with Crippen molar-refractivity contribution in [2.45, 2.75) is 82.9 Å². The Labute approximate surface area is 280 Å². The Kier molecular flexibility index (Phi) is 10.4. The van der Waals surface area contributed by atoms with Crippen molar-refractivity contribution >= 4 is 29.3 Å². The van der Waals surface area contributed by atoms with E-state index in [0.29, 0.717) is 35.8 Å². The Bertz CT molecular complexity index is 1590. The van der Waals surface area contributed by atoms with Gasteiger partial charge in [0.15, 0.2) is 0 Å². The van der Waals surface area contributed by atoms with Crippen molar-refractivity contribution in [2.75, 3.05) is 19.6 Å². The van der Waals surface area contributed by atoms with Crippen LogP contribution in [-0.2, 0) is 26.4 Å². The molecule has 0 spiro atoms. The molecule has 1 aliphatic carbocycles. The van der Waals surface area contributed by atoms with Crippen LogP contribution in [0.2, 0.25) is 5.02 Å². The fourth-order valence-corrected chi connectivity index (χ4v) is 6.74. The molecule has 47 heavy (non-hydrogen) atoms. The first-order valence-electron chi connectivity index (χ1n) is 16.5. The van der Waals surface area contributed by atoms with Crippen LogP contribution in [-0.4, -0.2) is 59.1 Å². The quantitative estimate of drug-likeness (QED) is 0.195. The van der Waals surface area contributed by atoms with E-state index in [1.807, 2.05) is 36.4 Å². The predicted octanol–water partition coefficient (Wildman–Crippen LogP) is 7.42. The Hall–Kier alpha value is -3.92. The summed E-state index contributed by atoms with van der Waals surface area (Å²) in [5.41, 5.74) is 3.78. The molecule has 248 valence electrons. The van der Waals surface area contributed by atoms with Gasteiger partial charge in [-0.25, -0.2) is 9.59 Å². The van der Waals surface area contributed by atoms with Crippen molar-refractivity contribution in [1.29, 1.82) is 0 Å². The number of piperidine rings is 1. The van der Waals surface area contributed by atoms with Crippen LogP contribution in [0.15, 0.2) is 66.9 Å². The average molecular weight is 661 g/mol. The molecule has 1 aromatic heterocycles. The van der Waals surface area contributed by atoms with Crippen LogP contribution in [0.1, 0.15) is 91.0 Å². The van der Waals surface area contributed by atoms with Crippen molar-refractivity contribution in [1.82, 2.24) is 9.88 Å². The van der Waals surface area contributed by atoms with Crippen molar-refractivity contribution in [3.8, 4) is 5.75 Å². The second-order valence-corrected chi connectivity index (χ2v) is 12.9. The highest BCUT2D eigenvalue weighted by Gasteiger charge is 2.34. The maximum atomic E-state index is 13.2. The number of ether oxygens (including phenoxy) is 4. The van der Waals surface area contributed by atoms with Crippen LogP contribution in [0.3, 0.4) is 0 Å². The van der Waals surface area contributed by atoms with Gasteiger partial charge < -0.3 is 29.0 Å². The highest BCUT2D eigenvalue weighted by molar-refractivity contribution is 6.30. The third kappa shape index (κ3) is 8.15. The average Bonchev–Trinajstić information content (AvgIpc) is 3.23. The van der Waals surface area contributed by atoms with E-state index in [1.54, 1.807) is 24.4 Å². The zero-order valence-corrected chi connectivity index (χ0v) is 27.4. The van der Waals surface area contributed by atoms with E-state index in [2.05, 4.69) is 16.0 Å². The summed E-state index contributed by atoms with van der Waals surface area (Å²) in [5, 5.41) is 12.0. The minimum absolute atomic E-state index is 0.154. The van der Waals surface area contributed by atoms with Crippen molar-refractivity contribution in [3.05, 3.63) is 99.8 Å². The minimum atomic E-state index is -1.12. The van der Waals surface area contributed by atoms with Crippen molar-refractivity contribution in [3.63, 3.8) is 0 Å². The molecule has 0 amide bonds. The molecule has 2 aromatic carbocycles. The third-order valence-electron chi connectivity index (χ3n) is 9.26. The number of aliphatic hydroxyl groups is 1. The number of pyridine rings is 1. The Morgan fingerprint density at radius 1 is 1.06 bits per heavy atom. The summed E-state index contributed by atoms with van der Waals surface area (Å²) in [5.74, 6) is 0.0134. The molecule has 9 nitrogen and oxygen atoms in total. The summed E-state index contributed by atoms with van der Waals surface area (Å²) >= 11 is 6.05. The van der Waals surface area contributed by atoms with Gasteiger partial charge in [-0.3, -0.25) is 4.98 Å². The number of aromatic nitrogens is 1. The Morgan fingerprint density at radius 3 is 2.60 bits per heavy atom. The molecule has 1 saturated carbocycles. The topological polar surface area (TPSA) is 107 Å². The number of nitrogens with zero attached hydrogens (tertiary/aromatic N) is 2. The zero-order chi connectivity index (χ0) is 32.8. The van der Waals surface area contributed by atoms with E-state index in [0.717, 1.165) is 86.1 Å². The van der Waals surface area contributed by atoms with Gasteiger partial charge in [0.05, 0.1) is 16.9 Å². The summed E-state index contributed by atoms with van der Waals surface area (Å²) in [6.07, 6.45) is 8.66. The molecule has 0 radical (unpaired) electrons. The van der Waals surface area contributed by atoms with Gasteiger partial charge in [-0.05, 0) is 92.5 Å². The second kappa shape index (κ2) is 14.9. The van der Waals surface area contributed by atoms with Gasteiger partial charge in [-0.15, -0.1) is 0 Å². The molecule has 2 fully saturated rings. The largest absolute Gasteiger partial charge is 0.511 e. The highest BCUT2D eigenvalue weighted by atomic mass is 35.5. The first kappa shape index (κ1) is 33.0. The Balaban J connectivity index is 1.13. The van der Waals surface area contributed by atoms with Crippen LogP contribution in [0.25, 0.3) is 5.57 Å².